The number of rotatable bonds is 3. The molecule has 1 aromatic heterocycles. The summed E-state index contributed by atoms with van der Waals surface area (Å²) >= 11 is 5.10. The Morgan fingerprint density at radius 2 is 1.52 bits per heavy atom. The van der Waals surface area contributed by atoms with E-state index < -0.39 is 23.4 Å². The lowest BCUT2D eigenvalue weighted by Gasteiger charge is -2.29. The molecule has 2 heterocycles. The number of halogens is 2. The van der Waals surface area contributed by atoms with Crippen molar-refractivity contribution in [3.05, 3.63) is 88.8 Å². The summed E-state index contributed by atoms with van der Waals surface area (Å²) in [6.45, 7) is 3.56. The highest BCUT2D eigenvalue weighted by molar-refractivity contribution is 7.80. The van der Waals surface area contributed by atoms with Gasteiger partial charge < -0.3 is 4.57 Å². The van der Waals surface area contributed by atoms with E-state index in [1.807, 2.05) is 0 Å². The molecule has 1 saturated heterocycles. The zero-order valence-electron chi connectivity index (χ0n) is 16.6. The lowest BCUT2D eigenvalue weighted by Crippen LogP contribution is -2.54. The number of aryl methyl sites for hydroxylation is 1. The Hall–Kier alpha value is -3.65. The molecule has 31 heavy (non-hydrogen) atoms. The van der Waals surface area contributed by atoms with Crippen molar-refractivity contribution < 1.29 is 18.4 Å². The van der Waals surface area contributed by atoms with Gasteiger partial charge in [-0.25, -0.2) is 13.7 Å². The molecule has 1 aliphatic heterocycles. The van der Waals surface area contributed by atoms with Crippen LogP contribution in [0.1, 0.15) is 17.0 Å². The van der Waals surface area contributed by atoms with Crippen LogP contribution in [-0.2, 0) is 9.59 Å². The van der Waals surface area contributed by atoms with Crippen molar-refractivity contribution >= 4 is 40.9 Å². The first-order chi connectivity index (χ1) is 14.8. The Morgan fingerprint density at radius 3 is 2.13 bits per heavy atom. The van der Waals surface area contributed by atoms with Gasteiger partial charge in [0.05, 0.1) is 11.4 Å². The third-order valence-electron chi connectivity index (χ3n) is 5.06. The molecule has 0 atom stereocenters. The average molecular weight is 437 g/mol. The molecule has 0 spiro atoms. The highest BCUT2D eigenvalue weighted by Gasteiger charge is 2.35. The Bertz CT molecular complexity index is 1280. The number of hydrogen-bond acceptors (Lipinski definition) is 3. The van der Waals surface area contributed by atoms with Gasteiger partial charge in [-0.15, -0.1) is 0 Å². The third-order valence-corrected chi connectivity index (χ3v) is 5.34. The Balaban J connectivity index is 1.80. The third kappa shape index (κ3) is 3.55. The zero-order chi connectivity index (χ0) is 22.3. The Morgan fingerprint density at radius 1 is 0.935 bits per heavy atom. The van der Waals surface area contributed by atoms with Crippen molar-refractivity contribution in [1.29, 1.82) is 0 Å². The summed E-state index contributed by atoms with van der Waals surface area (Å²) in [5.74, 6) is -2.47. The number of hydrogen-bond donors (Lipinski definition) is 1. The Kier molecular flexibility index (Phi) is 5.24. The molecular weight excluding hydrogens is 420 g/mol. The maximum atomic E-state index is 14.3. The van der Waals surface area contributed by atoms with Crippen LogP contribution in [0.5, 0.6) is 0 Å². The van der Waals surface area contributed by atoms with Crippen LogP contribution >= 0.6 is 12.2 Å². The zero-order valence-corrected chi connectivity index (χ0v) is 17.5. The quantitative estimate of drug-likeness (QED) is 0.380. The first-order valence-corrected chi connectivity index (χ1v) is 9.80. The molecule has 0 bridgehead atoms. The SMILES string of the molecule is Cc1cc(/C=C2/C(=O)NC(=S)N(c3ccccc3F)C2=O)c(C)n1-c1ccccc1F. The Labute approximate surface area is 182 Å². The van der Waals surface area contributed by atoms with E-state index in [0.717, 1.165) is 10.6 Å². The minimum Gasteiger partial charge on any atom is -0.315 e. The van der Waals surface area contributed by atoms with Gasteiger partial charge in [0.15, 0.2) is 5.11 Å². The standard InChI is InChI=1S/C23H17F2N3O2S/c1-13-11-15(14(2)27(13)19-9-5-3-7-17(19)24)12-16-21(29)26-23(31)28(22(16)30)20-10-6-4-8-18(20)25/h3-12H,1-2H3,(H,26,29,31)/b16-12-. The summed E-state index contributed by atoms with van der Waals surface area (Å²) in [7, 11) is 0. The maximum absolute atomic E-state index is 14.3. The van der Waals surface area contributed by atoms with E-state index in [0.29, 0.717) is 16.9 Å². The first kappa shape index (κ1) is 20.6. The molecule has 0 saturated carbocycles. The van der Waals surface area contributed by atoms with Crippen LogP contribution in [0.15, 0.2) is 60.2 Å². The summed E-state index contributed by atoms with van der Waals surface area (Å²) in [4.78, 5) is 26.6. The molecule has 0 aliphatic carbocycles. The summed E-state index contributed by atoms with van der Waals surface area (Å²) in [5, 5.41) is 2.23. The molecule has 8 heteroatoms. The number of nitrogens with one attached hydrogen (secondary N) is 1. The number of carbonyl (C=O) groups is 2. The number of amides is 2. The fraction of sp³-hybridized carbons (Fsp3) is 0.0870. The average Bonchev–Trinajstić information content (AvgIpc) is 3.00. The van der Waals surface area contributed by atoms with E-state index in [4.69, 9.17) is 12.2 Å². The van der Waals surface area contributed by atoms with Gasteiger partial charge in [-0.2, -0.15) is 0 Å². The summed E-state index contributed by atoms with van der Waals surface area (Å²) < 4.78 is 30.3. The van der Waals surface area contributed by atoms with Crippen molar-refractivity contribution in [2.45, 2.75) is 13.8 Å². The van der Waals surface area contributed by atoms with E-state index >= 15 is 0 Å². The van der Waals surface area contributed by atoms with Gasteiger partial charge >= 0.3 is 0 Å². The predicted octanol–water partition coefficient (Wildman–Crippen LogP) is 4.20. The van der Waals surface area contributed by atoms with E-state index in [1.165, 1.54) is 30.3 Å². The second-order valence-corrected chi connectivity index (χ2v) is 7.41. The molecule has 3 aromatic rings. The molecule has 1 fully saturated rings. The normalized spacial score (nSPS) is 15.5. The van der Waals surface area contributed by atoms with Crippen LogP contribution in [0, 0.1) is 25.5 Å². The van der Waals surface area contributed by atoms with Gasteiger partial charge in [0, 0.05) is 11.4 Å². The fourth-order valence-electron chi connectivity index (χ4n) is 3.60. The van der Waals surface area contributed by atoms with Crippen LogP contribution in [0.2, 0.25) is 0 Å². The molecule has 1 N–H and O–H groups in total. The number of aromatic nitrogens is 1. The van der Waals surface area contributed by atoms with Gasteiger partial charge in [0.2, 0.25) is 0 Å². The van der Waals surface area contributed by atoms with E-state index in [-0.39, 0.29) is 16.4 Å². The molecule has 2 aromatic carbocycles. The minimum absolute atomic E-state index is 0.0553. The second kappa shape index (κ2) is 7.88. The van der Waals surface area contributed by atoms with Crippen LogP contribution < -0.4 is 10.2 Å². The molecule has 5 nitrogen and oxygen atoms in total. The van der Waals surface area contributed by atoms with Gasteiger partial charge in [-0.05, 0) is 68.0 Å². The lowest BCUT2D eigenvalue weighted by molar-refractivity contribution is -0.122. The molecule has 156 valence electrons. The smallest absolute Gasteiger partial charge is 0.270 e. The van der Waals surface area contributed by atoms with E-state index in [9.17, 15) is 18.4 Å². The van der Waals surface area contributed by atoms with Gasteiger partial charge in [0.25, 0.3) is 11.8 Å². The highest BCUT2D eigenvalue weighted by Crippen LogP contribution is 2.27. The number of anilines is 1. The molecule has 2 amide bonds. The predicted molar refractivity (Wildman–Crippen MR) is 118 cm³/mol. The van der Waals surface area contributed by atoms with E-state index in [1.54, 1.807) is 48.7 Å². The number of carbonyl (C=O) groups excluding carboxylic acids is 2. The van der Waals surface area contributed by atoms with Crippen LogP contribution in [0.4, 0.5) is 14.5 Å². The van der Waals surface area contributed by atoms with Gasteiger partial charge in [-0.1, -0.05) is 24.3 Å². The van der Waals surface area contributed by atoms with Gasteiger partial charge in [-0.3, -0.25) is 14.9 Å². The number of benzene rings is 2. The van der Waals surface area contributed by atoms with Crippen molar-refractivity contribution in [3.8, 4) is 5.69 Å². The van der Waals surface area contributed by atoms with Crippen LogP contribution in [0.25, 0.3) is 11.8 Å². The number of thiocarbonyl (C=S) groups is 1. The summed E-state index contributed by atoms with van der Waals surface area (Å²) in [6, 6.07) is 13.7. The van der Waals surface area contributed by atoms with Crippen LogP contribution in [0.3, 0.4) is 0 Å². The first-order valence-electron chi connectivity index (χ1n) is 9.39. The van der Waals surface area contributed by atoms with Crippen molar-refractivity contribution in [2.24, 2.45) is 0 Å². The largest absolute Gasteiger partial charge is 0.315 e. The molecule has 4 rings (SSSR count). The summed E-state index contributed by atoms with van der Waals surface area (Å²) in [6.07, 6.45) is 1.41. The molecular formula is C23H17F2N3O2S. The van der Waals surface area contributed by atoms with Crippen LogP contribution in [-0.4, -0.2) is 21.5 Å². The monoisotopic (exact) mass is 437 g/mol. The minimum atomic E-state index is -0.741. The van der Waals surface area contributed by atoms with Crippen molar-refractivity contribution in [1.82, 2.24) is 9.88 Å². The summed E-state index contributed by atoms with van der Waals surface area (Å²) in [5.41, 5.74) is 2.02. The van der Waals surface area contributed by atoms with Gasteiger partial charge in [0.1, 0.15) is 17.2 Å². The van der Waals surface area contributed by atoms with E-state index in [2.05, 4.69) is 5.32 Å². The second-order valence-electron chi connectivity index (χ2n) is 7.02. The number of nitrogens with zero attached hydrogens (tertiary/aromatic N) is 2. The number of para-hydroxylation sites is 2. The highest BCUT2D eigenvalue weighted by atomic mass is 32.1. The molecule has 0 radical (unpaired) electrons. The van der Waals surface area contributed by atoms with Crippen molar-refractivity contribution in [3.63, 3.8) is 0 Å². The molecule has 0 unspecified atom stereocenters. The topological polar surface area (TPSA) is 54.3 Å². The lowest BCUT2D eigenvalue weighted by atomic mass is 10.1. The molecule has 1 aliphatic rings. The van der Waals surface area contributed by atoms with Crippen molar-refractivity contribution in [2.75, 3.05) is 4.90 Å². The maximum Gasteiger partial charge on any atom is 0.270 e. The fourth-order valence-corrected chi connectivity index (χ4v) is 3.88.